The average molecular weight is 249 g/mol. The standard InChI is InChI=1S/C14H23N3O/c1-3-17(4-2)14(18)9-12-15-11-8-13-7-5-6-10-16-13/h5-7,10,15H,3-4,8-9,11-12H2,1-2H3. The Bertz CT molecular complexity index is 336. The third kappa shape index (κ3) is 5.27. The van der Waals surface area contributed by atoms with E-state index in [0.717, 1.165) is 38.3 Å². The lowest BCUT2D eigenvalue weighted by Gasteiger charge is -2.18. The number of hydrogen-bond donors (Lipinski definition) is 1. The van der Waals surface area contributed by atoms with Gasteiger partial charge in [-0.05, 0) is 26.0 Å². The molecule has 0 saturated heterocycles. The summed E-state index contributed by atoms with van der Waals surface area (Å²) in [6.07, 6.45) is 3.28. The van der Waals surface area contributed by atoms with Crippen molar-refractivity contribution in [3.05, 3.63) is 30.1 Å². The zero-order valence-electron chi connectivity index (χ0n) is 11.4. The van der Waals surface area contributed by atoms with Crippen LogP contribution in [0.25, 0.3) is 0 Å². The quantitative estimate of drug-likeness (QED) is 0.710. The highest BCUT2D eigenvalue weighted by atomic mass is 16.2. The highest BCUT2D eigenvalue weighted by Crippen LogP contribution is 1.94. The number of amides is 1. The zero-order valence-corrected chi connectivity index (χ0v) is 11.4. The second-order valence-electron chi connectivity index (χ2n) is 4.14. The number of carbonyl (C=O) groups is 1. The number of rotatable bonds is 8. The first-order valence-corrected chi connectivity index (χ1v) is 6.66. The van der Waals surface area contributed by atoms with Gasteiger partial charge in [-0.3, -0.25) is 9.78 Å². The molecule has 0 aliphatic rings. The van der Waals surface area contributed by atoms with Crippen LogP contribution in [-0.2, 0) is 11.2 Å². The molecule has 0 atom stereocenters. The van der Waals surface area contributed by atoms with Gasteiger partial charge in [0, 0.05) is 50.9 Å². The third-order valence-electron chi connectivity index (χ3n) is 2.92. The van der Waals surface area contributed by atoms with Gasteiger partial charge in [-0.2, -0.15) is 0 Å². The summed E-state index contributed by atoms with van der Waals surface area (Å²) in [4.78, 5) is 17.8. The highest BCUT2D eigenvalue weighted by molar-refractivity contribution is 5.76. The van der Waals surface area contributed by atoms with E-state index >= 15 is 0 Å². The molecule has 0 saturated carbocycles. The van der Waals surface area contributed by atoms with E-state index in [2.05, 4.69) is 10.3 Å². The summed E-state index contributed by atoms with van der Waals surface area (Å²) < 4.78 is 0. The summed E-state index contributed by atoms with van der Waals surface area (Å²) in [6.45, 7) is 7.21. The molecule has 0 bridgehead atoms. The van der Waals surface area contributed by atoms with Gasteiger partial charge in [-0.1, -0.05) is 6.07 Å². The molecular weight excluding hydrogens is 226 g/mol. The van der Waals surface area contributed by atoms with Crippen molar-refractivity contribution in [2.24, 2.45) is 0 Å². The minimum atomic E-state index is 0.227. The van der Waals surface area contributed by atoms with Crippen molar-refractivity contribution in [1.29, 1.82) is 0 Å². The molecule has 0 radical (unpaired) electrons. The Balaban J connectivity index is 2.10. The van der Waals surface area contributed by atoms with Crippen LogP contribution in [0.3, 0.4) is 0 Å². The van der Waals surface area contributed by atoms with E-state index in [1.165, 1.54) is 0 Å². The Morgan fingerprint density at radius 3 is 2.67 bits per heavy atom. The van der Waals surface area contributed by atoms with E-state index in [4.69, 9.17) is 0 Å². The van der Waals surface area contributed by atoms with Crippen molar-refractivity contribution in [3.8, 4) is 0 Å². The van der Waals surface area contributed by atoms with Gasteiger partial charge >= 0.3 is 0 Å². The number of pyridine rings is 1. The Morgan fingerprint density at radius 2 is 2.06 bits per heavy atom. The van der Waals surface area contributed by atoms with Crippen LogP contribution in [0.2, 0.25) is 0 Å². The highest BCUT2D eigenvalue weighted by Gasteiger charge is 2.07. The van der Waals surface area contributed by atoms with Crippen molar-refractivity contribution in [3.63, 3.8) is 0 Å². The molecule has 18 heavy (non-hydrogen) atoms. The van der Waals surface area contributed by atoms with Gasteiger partial charge < -0.3 is 10.2 Å². The van der Waals surface area contributed by atoms with Crippen LogP contribution in [0.5, 0.6) is 0 Å². The molecular formula is C14H23N3O. The molecule has 0 aliphatic carbocycles. The predicted octanol–water partition coefficient (Wildman–Crippen LogP) is 1.47. The molecule has 1 aromatic heterocycles. The van der Waals surface area contributed by atoms with E-state index < -0.39 is 0 Å². The summed E-state index contributed by atoms with van der Waals surface area (Å²) in [5, 5.41) is 3.28. The number of nitrogens with one attached hydrogen (secondary N) is 1. The first-order valence-electron chi connectivity index (χ1n) is 6.66. The summed E-state index contributed by atoms with van der Waals surface area (Å²) in [5.74, 6) is 0.227. The topological polar surface area (TPSA) is 45.2 Å². The van der Waals surface area contributed by atoms with E-state index in [0.29, 0.717) is 6.42 Å². The fourth-order valence-electron chi connectivity index (χ4n) is 1.82. The summed E-state index contributed by atoms with van der Waals surface area (Å²) >= 11 is 0. The largest absolute Gasteiger partial charge is 0.343 e. The first-order chi connectivity index (χ1) is 8.77. The molecule has 1 N–H and O–H groups in total. The van der Waals surface area contributed by atoms with E-state index in [9.17, 15) is 4.79 Å². The number of aromatic nitrogens is 1. The minimum Gasteiger partial charge on any atom is -0.343 e. The first kappa shape index (κ1) is 14.6. The maximum absolute atomic E-state index is 11.7. The van der Waals surface area contributed by atoms with Gasteiger partial charge in [0.15, 0.2) is 0 Å². The minimum absolute atomic E-state index is 0.227. The van der Waals surface area contributed by atoms with Crippen LogP contribution in [0, 0.1) is 0 Å². The van der Waals surface area contributed by atoms with Gasteiger partial charge in [0.2, 0.25) is 5.91 Å². The molecule has 1 heterocycles. The van der Waals surface area contributed by atoms with Crippen LogP contribution in [0.1, 0.15) is 26.0 Å². The molecule has 4 heteroatoms. The lowest BCUT2D eigenvalue weighted by atomic mass is 10.2. The Hall–Kier alpha value is -1.42. The van der Waals surface area contributed by atoms with Crippen LogP contribution < -0.4 is 5.32 Å². The predicted molar refractivity (Wildman–Crippen MR) is 73.4 cm³/mol. The number of nitrogens with zero attached hydrogens (tertiary/aromatic N) is 2. The second kappa shape index (κ2) is 8.64. The van der Waals surface area contributed by atoms with Crippen molar-refractivity contribution >= 4 is 5.91 Å². The monoisotopic (exact) mass is 249 g/mol. The molecule has 1 amide bonds. The van der Waals surface area contributed by atoms with Gasteiger partial charge in [0.05, 0.1) is 0 Å². The lowest BCUT2D eigenvalue weighted by Crippen LogP contribution is -2.33. The molecule has 0 unspecified atom stereocenters. The normalized spacial score (nSPS) is 10.3. The average Bonchev–Trinajstić information content (AvgIpc) is 2.41. The maximum Gasteiger partial charge on any atom is 0.223 e. The van der Waals surface area contributed by atoms with Crippen molar-refractivity contribution in [2.45, 2.75) is 26.7 Å². The second-order valence-corrected chi connectivity index (χ2v) is 4.14. The summed E-state index contributed by atoms with van der Waals surface area (Å²) in [7, 11) is 0. The maximum atomic E-state index is 11.7. The fraction of sp³-hybridized carbons (Fsp3) is 0.571. The van der Waals surface area contributed by atoms with E-state index in [1.54, 1.807) is 6.20 Å². The SMILES string of the molecule is CCN(CC)C(=O)CCNCCc1ccccn1. The van der Waals surface area contributed by atoms with Gasteiger partial charge in [0.25, 0.3) is 0 Å². The van der Waals surface area contributed by atoms with E-state index in [-0.39, 0.29) is 5.91 Å². The van der Waals surface area contributed by atoms with E-state index in [1.807, 2.05) is 36.9 Å². The lowest BCUT2D eigenvalue weighted by molar-refractivity contribution is -0.130. The van der Waals surface area contributed by atoms with Crippen LogP contribution >= 0.6 is 0 Å². The van der Waals surface area contributed by atoms with Crippen molar-refractivity contribution < 1.29 is 4.79 Å². The molecule has 4 nitrogen and oxygen atoms in total. The van der Waals surface area contributed by atoms with Crippen molar-refractivity contribution in [2.75, 3.05) is 26.2 Å². The molecule has 100 valence electrons. The van der Waals surface area contributed by atoms with Crippen molar-refractivity contribution in [1.82, 2.24) is 15.2 Å². The molecule has 1 aromatic rings. The molecule has 0 aromatic carbocycles. The Kier molecular flexibility index (Phi) is 7.03. The number of carbonyl (C=O) groups excluding carboxylic acids is 1. The Morgan fingerprint density at radius 1 is 1.28 bits per heavy atom. The zero-order chi connectivity index (χ0) is 13.2. The molecule has 0 fully saturated rings. The third-order valence-corrected chi connectivity index (χ3v) is 2.92. The number of hydrogen-bond acceptors (Lipinski definition) is 3. The summed E-state index contributed by atoms with van der Waals surface area (Å²) in [6, 6.07) is 5.93. The molecule has 0 aliphatic heterocycles. The van der Waals surface area contributed by atoms with Gasteiger partial charge in [0.1, 0.15) is 0 Å². The van der Waals surface area contributed by atoms with Crippen LogP contribution in [-0.4, -0.2) is 42.0 Å². The Labute approximate surface area is 109 Å². The van der Waals surface area contributed by atoms with Crippen LogP contribution in [0.4, 0.5) is 0 Å². The molecule has 0 spiro atoms. The summed E-state index contributed by atoms with van der Waals surface area (Å²) in [5.41, 5.74) is 1.08. The molecule has 1 rings (SSSR count). The van der Waals surface area contributed by atoms with Gasteiger partial charge in [-0.15, -0.1) is 0 Å². The van der Waals surface area contributed by atoms with Crippen LogP contribution in [0.15, 0.2) is 24.4 Å². The van der Waals surface area contributed by atoms with Gasteiger partial charge in [-0.25, -0.2) is 0 Å². The fourth-order valence-corrected chi connectivity index (χ4v) is 1.82. The smallest absolute Gasteiger partial charge is 0.223 e.